The summed E-state index contributed by atoms with van der Waals surface area (Å²) in [7, 11) is 0. The fourth-order valence-corrected chi connectivity index (χ4v) is 3.10. The Balaban J connectivity index is 1.70. The maximum Gasteiger partial charge on any atom is 0.254 e. The van der Waals surface area contributed by atoms with Crippen molar-refractivity contribution in [2.45, 2.75) is 39.2 Å². The van der Waals surface area contributed by atoms with Crippen LogP contribution < -0.4 is 5.32 Å². The zero-order valence-corrected chi connectivity index (χ0v) is 15.7. The highest BCUT2D eigenvalue weighted by atomic mass is 16.5. The van der Waals surface area contributed by atoms with Crippen molar-refractivity contribution >= 4 is 17.6 Å². The van der Waals surface area contributed by atoms with E-state index in [2.05, 4.69) is 17.4 Å². The molecule has 1 aliphatic rings. The summed E-state index contributed by atoms with van der Waals surface area (Å²) >= 11 is 0. The van der Waals surface area contributed by atoms with Crippen LogP contribution in [0, 0.1) is 6.92 Å². The molecule has 144 valence electrons. The van der Waals surface area contributed by atoms with Crippen molar-refractivity contribution in [3.8, 4) is 0 Å². The van der Waals surface area contributed by atoms with Crippen molar-refractivity contribution in [3.05, 3.63) is 47.2 Å². The summed E-state index contributed by atoms with van der Waals surface area (Å²) in [5.74, 6) is 0.447. The summed E-state index contributed by atoms with van der Waals surface area (Å²) in [4.78, 5) is 26.9. The van der Waals surface area contributed by atoms with E-state index in [1.165, 1.54) is 0 Å². The molecule has 0 radical (unpaired) electrons. The minimum Gasteiger partial charge on any atom is -0.376 e. The highest BCUT2D eigenvalue weighted by Gasteiger charge is 2.25. The van der Waals surface area contributed by atoms with Crippen LogP contribution in [0.2, 0.25) is 0 Å². The van der Waals surface area contributed by atoms with Crippen LogP contribution in [0.15, 0.2) is 34.9 Å². The van der Waals surface area contributed by atoms with Gasteiger partial charge < -0.3 is 19.5 Å². The molecule has 2 amide bonds. The van der Waals surface area contributed by atoms with Crippen molar-refractivity contribution in [2.75, 3.05) is 25.0 Å². The summed E-state index contributed by atoms with van der Waals surface area (Å²) in [6.45, 7) is 4.83. The summed E-state index contributed by atoms with van der Waals surface area (Å²) in [5, 5.41) is 6.42. The van der Waals surface area contributed by atoms with Gasteiger partial charge in [0.25, 0.3) is 5.91 Å². The Kier molecular flexibility index (Phi) is 6.24. The van der Waals surface area contributed by atoms with Crippen molar-refractivity contribution < 1.29 is 18.8 Å². The number of carbonyl (C=O) groups excluding carboxylic acids is 2. The molecule has 0 bridgehead atoms. The molecule has 1 aromatic heterocycles. The molecule has 1 fully saturated rings. The summed E-state index contributed by atoms with van der Waals surface area (Å²) in [6.07, 6.45) is 2.74. The SMILES string of the molecule is CCc1ccc(C(=O)N(CC(=O)Nc2cc(C)on2)CC2CCCO2)cc1. The number of nitrogens with one attached hydrogen (secondary N) is 1. The fourth-order valence-electron chi connectivity index (χ4n) is 3.10. The Bertz CT molecular complexity index is 779. The Hall–Kier alpha value is -2.67. The fraction of sp³-hybridized carbons (Fsp3) is 0.450. The third-order valence-electron chi connectivity index (χ3n) is 4.57. The first-order valence-corrected chi connectivity index (χ1v) is 9.28. The van der Waals surface area contributed by atoms with Gasteiger partial charge in [0.1, 0.15) is 12.3 Å². The third kappa shape index (κ3) is 5.17. The lowest BCUT2D eigenvalue weighted by molar-refractivity contribution is -0.117. The molecule has 1 aliphatic heterocycles. The lowest BCUT2D eigenvalue weighted by Gasteiger charge is -2.25. The van der Waals surface area contributed by atoms with Crippen molar-refractivity contribution in [1.82, 2.24) is 10.1 Å². The molecule has 3 rings (SSSR count). The molecular weight excluding hydrogens is 346 g/mol. The summed E-state index contributed by atoms with van der Waals surface area (Å²) in [5.41, 5.74) is 1.73. The molecule has 2 aromatic rings. The highest BCUT2D eigenvalue weighted by molar-refractivity contribution is 5.99. The zero-order valence-electron chi connectivity index (χ0n) is 15.7. The van der Waals surface area contributed by atoms with Gasteiger partial charge in [-0.05, 0) is 43.9 Å². The van der Waals surface area contributed by atoms with E-state index in [4.69, 9.17) is 9.26 Å². The molecule has 0 spiro atoms. The molecular formula is C20H25N3O4. The van der Waals surface area contributed by atoms with E-state index >= 15 is 0 Å². The summed E-state index contributed by atoms with van der Waals surface area (Å²) in [6, 6.07) is 9.13. The lowest BCUT2D eigenvalue weighted by Crippen LogP contribution is -2.42. The number of aryl methyl sites for hydroxylation is 2. The second-order valence-corrected chi connectivity index (χ2v) is 6.74. The molecule has 0 aliphatic carbocycles. The number of anilines is 1. The Morgan fingerprint density at radius 3 is 2.67 bits per heavy atom. The first kappa shape index (κ1) is 19.1. The van der Waals surface area contributed by atoms with Crippen LogP contribution >= 0.6 is 0 Å². The standard InChI is InChI=1S/C20H25N3O4/c1-3-15-6-8-16(9-7-15)20(25)23(12-17-5-4-10-26-17)13-19(24)21-18-11-14(2)27-22-18/h6-9,11,17H,3-5,10,12-13H2,1-2H3,(H,21,22,24). The van der Waals surface area contributed by atoms with E-state index in [1.54, 1.807) is 17.9 Å². The molecule has 0 saturated carbocycles. The van der Waals surface area contributed by atoms with E-state index in [0.29, 0.717) is 30.3 Å². The van der Waals surface area contributed by atoms with Gasteiger partial charge in [0.05, 0.1) is 6.10 Å². The zero-order chi connectivity index (χ0) is 19.2. The number of amides is 2. The van der Waals surface area contributed by atoms with Gasteiger partial charge in [0.2, 0.25) is 5.91 Å². The van der Waals surface area contributed by atoms with Crippen molar-refractivity contribution in [3.63, 3.8) is 0 Å². The van der Waals surface area contributed by atoms with Crippen LogP contribution in [0.3, 0.4) is 0 Å². The second-order valence-electron chi connectivity index (χ2n) is 6.74. The normalized spacial score (nSPS) is 16.3. The van der Waals surface area contributed by atoms with Gasteiger partial charge >= 0.3 is 0 Å². The minimum absolute atomic E-state index is 0.0361. The molecule has 1 unspecified atom stereocenters. The number of aromatic nitrogens is 1. The maximum atomic E-state index is 13.0. The number of carbonyl (C=O) groups is 2. The van der Waals surface area contributed by atoms with E-state index < -0.39 is 0 Å². The topological polar surface area (TPSA) is 84.7 Å². The third-order valence-corrected chi connectivity index (χ3v) is 4.57. The number of rotatable bonds is 7. The molecule has 2 heterocycles. The first-order chi connectivity index (χ1) is 13.0. The van der Waals surface area contributed by atoms with E-state index in [0.717, 1.165) is 24.8 Å². The minimum atomic E-state index is -0.320. The smallest absolute Gasteiger partial charge is 0.254 e. The van der Waals surface area contributed by atoms with Crippen LogP contribution in [0.1, 0.15) is 41.4 Å². The Morgan fingerprint density at radius 1 is 1.30 bits per heavy atom. The summed E-state index contributed by atoms with van der Waals surface area (Å²) < 4.78 is 10.6. The van der Waals surface area contributed by atoms with E-state index in [1.807, 2.05) is 24.3 Å². The van der Waals surface area contributed by atoms with Gasteiger partial charge in [-0.25, -0.2) is 0 Å². The van der Waals surface area contributed by atoms with Crippen LogP contribution in [-0.2, 0) is 16.0 Å². The number of nitrogens with zero attached hydrogens (tertiary/aromatic N) is 2. The lowest BCUT2D eigenvalue weighted by atomic mass is 10.1. The molecule has 1 aromatic carbocycles. The number of hydrogen-bond acceptors (Lipinski definition) is 5. The number of benzene rings is 1. The van der Waals surface area contributed by atoms with Gasteiger partial charge in [-0.2, -0.15) is 0 Å². The Morgan fingerprint density at radius 2 is 2.07 bits per heavy atom. The van der Waals surface area contributed by atoms with Gasteiger partial charge in [-0.3, -0.25) is 9.59 Å². The van der Waals surface area contributed by atoms with Gasteiger partial charge in [-0.15, -0.1) is 0 Å². The van der Waals surface area contributed by atoms with Crippen LogP contribution in [0.4, 0.5) is 5.82 Å². The quantitative estimate of drug-likeness (QED) is 0.809. The second kappa shape index (κ2) is 8.81. The van der Waals surface area contributed by atoms with Crippen LogP contribution in [-0.4, -0.2) is 47.7 Å². The average Bonchev–Trinajstić information content (AvgIpc) is 3.32. The molecule has 7 heteroatoms. The highest BCUT2D eigenvalue weighted by Crippen LogP contribution is 2.16. The van der Waals surface area contributed by atoms with Crippen molar-refractivity contribution in [2.24, 2.45) is 0 Å². The average molecular weight is 371 g/mol. The predicted molar refractivity (Wildman–Crippen MR) is 101 cm³/mol. The maximum absolute atomic E-state index is 13.0. The van der Waals surface area contributed by atoms with Crippen LogP contribution in [0.5, 0.6) is 0 Å². The van der Waals surface area contributed by atoms with Gasteiger partial charge in [-0.1, -0.05) is 24.2 Å². The van der Waals surface area contributed by atoms with E-state index in [9.17, 15) is 9.59 Å². The Labute approximate surface area is 158 Å². The van der Waals surface area contributed by atoms with Gasteiger partial charge in [0.15, 0.2) is 5.82 Å². The molecule has 7 nitrogen and oxygen atoms in total. The number of ether oxygens (including phenoxy) is 1. The molecule has 1 saturated heterocycles. The molecule has 1 atom stereocenters. The monoisotopic (exact) mass is 371 g/mol. The largest absolute Gasteiger partial charge is 0.376 e. The van der Waals surface area contributed by atoms with E-state index in [-0.39, 0.29) is 24.5 Å². The molecule has 1 N–H and O–H groups in total. The number of hydrogen-bond donors (Lipinski definition) is 1. The molecule has 27 heavy (non-hydrogen) atoms. The van der Waals surface area contributed by atoms with Crippen LogP contribution in [0.25, 0.3) is 0 Å². The van der Waals surface area contributed by atoms with Gasteiger partial charge in [0, 0.05) is 24.8 Å². The van der Waals surface area contributed by atoms with Crippen molar-refractivity contribution in [1.29, 1.82) is 0 Å². The predicted octanol–water partition coefficient (Wildman–Crippen LogP) is 2.81. The first-order valence-electron chi connectivity index (χ1n) is 9.28.